The van der Waals surface area contributed by atoms with E-state index in [0.29, 0.717) is 16.7 Å². The minimum atomic E-state index is 0.478. The Balaban J connectivity index is 2.45. The zero-order valence-electron chi connectivity index (χ0n) is 9.95. The summed E-state index contributed by atoms with van der Waals surface area (Å²) in [5.41, 5.74) is 1.89. The van der Waals surface area contributed by atoms with Gasteiger partial charge in [0.15, 0.2) is 11.5 Å². The van der Waals surface area contributed by atoms with Crippen molar-refractivity contribution in [3.05, 3.63) is 29.5 Å². The highest BCUT2D eigenvalue weighted by molar-refractivity contribution is 6.36. The molecule has 0 saturated heterocycles. The summed E-state index contributed by atoms with van der Waals surface area (Å²) in [6.07, 6.45) is 1.68. The zero-order valence-corrected chi connectivity index (χ0v) is 10.7. The van der Waals surface area contributed by atoms with E-state index in [1.807, 2.05) is 18.2 Å². The van der Waals surface area contributed by atoms with Gasteiger partial charge in [-0.25, -0.2) is 4.98 Å². The third-order valence-corrected chi connectivity index (χ3v) is 3.25. The first-order valence-electron chi connectivity index (χ1n) is 5.42. The summed E-state index contributed by atoms with van der Waals surface area (Å²) in [5.74, 6) is 1.35. The lowest BCUT2D eigenvalue weighted by Crippen LogP contribution is -1.89. The van der Waals surface area contributed by atoms with Crippen LogP contribution >= 0.6 is 11.6 Å². The molecule has 0 fully saturated rings. The Labute approximate surface area is 108 Å². The van der Waals surface area contributed by atoms with Crippen molar-refractivity contribution in [3.8, 4) is 11.5 Å². The Bertz CT molecular complexity index is 737. The van der Waals surface area contributed by atoms with Gasteiger partial charge in [-0.1, -0.05) is 11.6 Å². The van der Waals surface area contributed by atoms with E-state index in [4.69, 9.17) is 21.1 Å². The van der Waals surface area contributed by atoms with Crippen molar-refractivity contribution in [3.63, 3.8) is 0 Å². The summed E-state index contributed by atoms with van der Waals surface area (Å²) >= 11 is 6.14. The highest BCUT2D eigenvalue weighted by Crippen LogP contribution is 2.37. The molecule has 0 spiro atoms. The Kier molecular flexibility index (Phi) is 2.52. The van der Waals surface area contributed by atoms with Crippen molar-refractivity contribution in [1.29, 1.82) is 0 Å². The molecule has 0 atom stereocenters. The van der Waals surface area contributed by atoms with E-state index in [0.717, 1.165) is 21.8 Å². The van der Waals surface area contributed by atoms with Crippen LogP contribution in [0.15, 0.2) is 24.4 Å². The van der Waals surface area contributed by atoms with Crippen molar-refractivity contribution in [2.75, 3.05) is 14.2 Å². The molecule has 18 heavy (non-hydrogen) atoms. The van der Waals surface area contributed by atoms with Crippen LogP contribution in [0.25, 0.3) is 21.8 Å². The van der Waals surface area contributed by atoms with Crippen LogP contribution < -0.4 is 9.47 Å². The molecule has 0 aliphatic carbocycles. The number of aromatic amines is 1. The van der Waals surface area contributed by atoms with Gasteiger partial charge in [-0.3, -0.25) is 0 Å². The lowest BCUT2D eigenvalue weighted by Gasteiger charge is -2.07. The first-order valence-corrected chi connectivity index (χ1v) is 5.80. The molecule has 0 aliphatic rings. The lowest BCUT2D eigenvalue weighted by atomic mass is 10.2. The largest absolute Gasteiger partial charge is 0.493 e. The standard InChI is InChI=1S/C13H11ClN2O2/c1-17-10-5-7-9(6-11(10)18-2)16-8-3-4-15-13(14)12(7)8/h3-6,16H,1-2H3. The molecule has 2 heterocycles. The third-order valence-electron chi connectivity index (χ3n) is 2.97. The number of nitrogens with one attached hydrogen (secondary N) is 1. The van der Waals surface area contributed by atoms with Gasteiger partial charge in [0.2, 0.25) is 0 Å². The highest BCUT2D eigenvalue weighted by Gasteiger charge is 2.12. The number of pyridine rings is 1. The summed E-state index contributed by atoms with van der Waals surface area (Å²) in [6.45, 7) is 0. The fraction of sp³-hybridized carbons (Fsp3) is 0.154. The molecule has 3 rings (SSSR count). The monoisotopic (exact) mass is 262 g/mol. The van der Waals surface area contributed by atoms with E-state index in [2.05, 4.69) is 9.97 Å². The molecule has 4 nitrogen and oxygen atoms in total. The fourth-order valence-corrected chi connectivity index (χ4v) is 2.39. The highest BCUT2D eigenvalue weighted by atomic mass is 35.5. The Hall–Kier alpha value is -1.94. The number of fused-ring (bicyclic) bond motifs is 3. The number of nitrogens with zero attached hydrogens (tertiary/aromatic N) is 1. The minimum absolute atomic E-state index is 0.478. The third kappa shape index (κ3) is 1.49. The van der Waals surface area contributed by atoms with Gasteiger partial charge < -0.3 is 14.5 Å². The van der Waals surface area contributed by atoms with Crippen LogP contribution in [0.2, 0.25) is 5.15 Å². The van der Waals surface area contributed by atoms with Crippen LogP contribution in [-0.4, -0.2) is 24.2 Å². The molecule has 92 valence electrons. The van der Waals surface area contributed by atoms with Gasteiger partial charge in [-0.05, 0) is 12.1 Å². The second-order valence-corrected chi connectivity index (χ2v) is 4.26. The molecule has 2 aromatic heterocycles. The van der Waals surface area contributed by atoms with Crippen LogP contribution in [0.1, 0.15) is 0 Å². The Morgan fingerprint density at radius 3 is 2.56 bits per heavy atom. The number of hydrogen-bond acceptors (Lipinski definition) is 3. The van der Waals surface area contributed by atoms with Gasteiger partial charge in [-0.15, -0.1) is 0 Å². The summed E-state index contributed by atoms with van der Waals surface area (Å²) in [7, 11) is 3.22. The topological polar surface area (TPSA) is 47.1 Å². The lowest BCUT2D eigenvalue weighted by molar-refractivity contribution is 0.356. The van der Waals surface area contributed by atoms with E-state index >= 15 is 0 Å². The summed E-state index contributed by atoms with van der Waals surface area (Å²) in [6, 6.07) is 5.69. The molecule has 0 aliphatic heterocycles. The predicted molar refractivity (Wildman–Crippen MR) is 71.7 cm³/mol. The predicted octanol–water partition coefficient (Wildman–Crippen LogP) is 3.39. The Morgan fingerprint density at radius 2 is 1.83 bits per heavy atom. The van der Waals surface area contributed by atoms with Crippen LogP contribution in [0.3, 0.4) is 0 Å². The molecular formula is C13H11ClN2O2. The van der Waals surface area contributed by atoms with Gasteiger partial charge >= 0.3 is 0 Å². The van der Waals surface area contributed by atoms with Gasteiger partial charge in [-0.2, -0.15) is 0 Å². The fourth-order valence-electron chi connectivity index (χ4n) is 2.13. The van der Waals surface area contributed by atoms with Crippen molar-refractivity contribution in [2.24, 2.45) is 0 Å². The maximum Gasteiger partial charge on any atom is 0.162 e. The van der Waals surface area contributed by atoms with Crippen molar-refractivity contribution < 1.29 is 9.47 Å². The van der Waals surface area contributed by atoms with Crippen LogP contribution in [0, 0.1) is 0 Å². The number of aromatic nitrogens is 2. The molecule has 3 aromatic rings. The average Bonchev–Trinajstić information content (AvgIpc) is 2.75. The average molecular weight is 263 g/mol. The van der Waals surface area contributed by atoms with Crippen LogP contribution in [0.5, 0.6) is 11.5 Å². The molecule has 0 radical (unpaired) electrons. The number of H-pyrrole nitrogens is 1. The van der Waals surface area contributed by atoms with E-state index in [-0.39, 0.29) is 0 Å². The van der Waals surface area contributed by atoms with Crippen molar-refractivity contribution >= 4 is 33.4 Å². The molecule has 1 aromatic carbocycles. The molecule has 0 unspecified atom stereocenters. The SMILES string of the molecule is COc1cc2[nH]c3ccnc(Cl)c3c2cc1OC. The second kappa shape index (κ2) is 4.07. The Morgan fingerprint density at radius 1 is 1.11 bits per heavy atom. The normalized spacial score (nSPS) is 11.1. The number of hydrogen-bond donors (Lipinski definition) is 1. The minimum Gasteiger partial charge on any atom is -0.493 e. The molecule has 0 bridgehead atoms. The summed E-state index contributed by atoms with van der Waals surface area (Å²) in [5, 5.41) is 2.35. The number of benzene rings is 1. The molecule has 1 N–H and O–H groups in total. The second-order valence-electron chi connectivity index (χ2n) is 3.90. The molecular weight excluding hydrogens is 252 g/mol. The molecule has 0 saturated carbocycles. The molecule has 0 amide bonds. The summed E-state index contributed by atoms with van der Waals surface area (Å²) < 4.78 is 10.6. The van der Waals surface area contributed by atoms with Crippen LogP contribution in [0.4, 0.5) is 0 Å². The number of rotatable bonds is 2. The maximum atomic E-state index is 6.14. The smallest absolute Gasteiger partial charge is 0.162 e. The first-order chi connectivity index (χ1) is 8.74. The van der Waals surface area contributed by atoms with Crippen LogP contribution in [-0.2, 0) is 0 Å². The zero-order chi connectivity index (χ0) is 12.7. The van der Waals surface area contributed by atoms with E-state index in [1.165, 1.54) is 0 Å². The first kappa shape index (κ1) is 11.2. The van der Waals surface area contributed by atoms with Crippen molar-refractivity contribution in [2.45, 2.75) is 0 Å². The summed E-state index contributed by atoms with van der Waals surface area (Å²) in [4.78, 5) is 7.39. The van der Waals surface area contributed by atoms with E-state index < -0.39 is 0 Å². The van der Waals surface area contributed by atoms with Gasteiger partial charge in [0.1, 0.15) is 5.15 Å². The van der Waals surface area contributed by atoms with E-state index in [1.54, 1.807) is 20.4 Å². The molecule has 5 heteroatoms. The number of ether oxygens (including phenoxy) is 2. The van der Waals surface area contributed by atoms with Crippen molar-refractivity contribution in [1.82, 2.24) is 9.97 Å². The quantitative estimate of drug-likeness (QED) is 0.720. The number of halogens is 1. The van der Waals surface area contributed by atoms with Gasteiger partial charge in [0.05, 0.1) is 25.3 Å². The van der Waals surface area contributed by atoms with Gasteiger partial charge in [0.25, 0.3) is 0 Å². The van der Waals surface area contributed by atoms with E-state index in [9.17, 15) is 0 Å². The maximum absolute atomic E-state index is 6.14. The number of methoxy groups -OCH3 is 2. The van der Waals surface area contributed by atoms with Gasteiger partial charge in [0, 0.05) is 23.0 Å².